The van der Waals surface area contributed by atoms with Gasteiger partial charge in [-0.1, -0.05) is 0 Å². The Hall–Kier alpha value is -1.43. The number of amides is 2. The molecule has 0 radical (unpaired) electrons. The third-order valence-corrected chi connectivity index (χ3v) is 4.92. The normalized spacial score (nSPS) is 26.0. The summed E-state index contributed by atoms with van der Waals surface area (Å²) in [4.78, 5) is 26.3. The second-order valence-electron chi connectivity index (χ2n) is 5.97. The molecule has 0 aromatic heterocycles. The number of carbonyl (C=O) groups excluding carboxylic acids is 2. The Balaban J connectivity index is 2.03. The zero-order chi connectivity index (χ0) is 15.4. The topological polar surface area (TPSA) is 49.4 Å². The van der Waals surface area contributed by atoms with Crippen LogP contribution in [-0.2, 0) is 9.59 Å². The summed E-state index contributed by atoms with van der Waals surface area (Å²) in [6, 6.07) is 2.93. The summed E-state index contributed by atoms with van der Waals surface area (Å²) in [7, 11) is 0. The number of hydrogen-bond donors (Lipinski definition) is 1. The molecule has 112 valence electrons. The second-order valence-corrected chi connectivity index (χ2v) is 6.82. The van der Waals surface area contributed by atoms with Gasteiger partial charge in [-0.25, -0.2) is 4.39 Å². The van der Waals surface area contributed by atoms with Crippen molar-refractivity contribution in [1.82, 2.24) is 5.32 Å². The molecule has 1 aliphatic carbocycles. The molecular formula is C15H16BrFN2O2. The van der Waals surface area contributed by atoms with Crippen LogP contribution in [0.2, 0.25) is 0 Å². The molecule has 0 bridgehead atoms. The largest absolute Gasteiger partial charge is 0.340 e. The minimum absolute atomic E-state index is 0.0277. The Labute approximate surface area is 130 Å². The predicted molar refractivity (Wildman–Crippen MR) is 80.5 cm³/mol. The van der Waals surface area contributed by atoms with Crippen LogP contribution in [0.25, 0.3) is 0 Å². The third-order valence-electron chi connectivity index (χ3n) is 4.31. The van der Waals surface area contributed by atoms with Crippen LogP contribution in [-0.4, -0.2) is 23.9 Å². The van der Waals surface area contributed by atoms with Gasteiger partial charge in [0.1, 0.15) is 17.9 Å². The molecule has 1 saturated heterocycles. The van der Waals surface area contributed by atoms with E-state index in [0.29, 0.717) is 11.3 Å². The molecule has 4 nitrogen and oxygen atoms in total. The number of aryl methyl sites for hydroxylation is 1. The molecule has 6 heteroatoms. The van der Waals surface area contributed by atoms with Crippen LogP contribution in [0.4, 0.5) is 10.1 Å². The fourth-order valence-electron chi connectivity index (χ4n) is 2.94. The van der Waals surface area contributed by atoms with Gasteiger partial charge in [-0.05, 0) is 66.2 Å². The fourth-order valence-corrected chi connectivity index (χ4v) is 3.27. The monoisotopic (exact) mass is 354 g/mol. The first-order valence-electron chi connectivity index (χ1n) is 6.91. The summed E-state index contributed by atoms with van der Waals surface area (Å²) < 4.78 is 13.8. The van der Waals surface area contributed by atoms with Crippen LogP contribution in [0.15, 0.2) is 16.6 Å². The van der Waals surface area contributed by atoms with Crippen molar-refractivity contribution in [3.8, 4) is 0 Å². The van der Waals surface area contributed by atoms with Gasteiger partial charge in [0.15, 0.2) is 0 Å². The number of nitrogens with zero attached hydrogens (tertiary/aromatic N) is 1. The summed E-state index contributed by atoms with van der Waals surface area (Å²) in [6.07, 6.45) is 1.89. The summed E-state index contributed by atoms with van der Waals surface area (Å²) >= 11 is 3.14. The average molecular weight is 355 g/mol. The zero-order valence-corrected chi connectivity index (χ0v) is 13.5. The minimum Gasteiger partial charge on any atom is -0.340 e. The second kappa shape index (κ2) is 4.80. The van der Waals surface area contributed by atoms with Crippen molar-refractivity contribution in [1.29, 1.82) is 0 Å². The van der Waals surface area contributed by atoms with Crippen molar-refractivity contribution in [2.45, 2.75) is 32.2 Å². The molecule has 1 saturated carbocycles. The molecule has 1 N–H and O–H groups in total. The van der Waals surface area contributed by atoms with E-state index in [1.54, 1.807) is 19.9 Å². The van der Waals surface area contributed by atoms with E-state index < -0.39 is 5.54 Å². The molecule has 2 aliphatic rings. The fraction of sp³-hybridized carbons (Fsp3) is 0.467. The average Bonchev–Trinajstić information content (AvgIpc) is 3.23. The molecule has 1 unspecified atom stereocenters. The number of nitrogens with one attached hydrogen (secondary N) is 1. The van der Waals surface area contributed by atoms with Crippen LogP contribution in [0.3, 0.4) is 0 Å². The Kier molecular flexibility index (Phi) is 3.31. The molecular weight excluding hydrogens is 339 g/mol. The van der Waals surface area contributed by atoms with Gasteiger partial charge in [-0.2, -0.15) is 0 Å². The number of hydrogen-bond acceptors (Lipinski definition) is 2. The predicted octanol–water partition coefficient (Wildman–Crippen LogP) is 2.53. The van der Waals surface area contributed by atoms with E-state index in [1.165, 1.54) is 11.0 Å². The maximum absolute atomic E-state index is 13.6. The van der Waals surface area contributed by atoms with Crippen LogP contribution in [0.5, 0.6) is 0 Å². The molecule has 1 aromatic rings. The van der Waals surface area contributed by atoms with Gasteiger partial charge in [0.2, 0.25) is 5.91 Å². The molecule has 2 fully saturated rings. The number of rotatable bonds is 2. The van der Waals surface area contributed by atoms with Crippen LogP contribution < -0.4 is 10.2 Å². The van der Waals surface area contributed by atoms with E-state index in [9.17, 15) is 14.0 Å². The number of piperazine rings is 1. The molecule has 1 aromatic carbocycles. The van der Waals surface area contributed by atoms with Gasteiger partial charge >= 0.3 is 0 Å². The Morgan fingerprint density at radius 3 is 2.67 bits per heavy atom. The van der Waals surface area contributed by atoms with E-state index >= 15 is 0 Å². The van der Waals surface area contributed by atoms with Crippen molar-refractivity contribution in [3.05, 3.63) is 28.0 Å². The van der Waals surface area contributed by atoms with Crippen LogP contribution in [0.1, 0.15) is 25.3 Å². The summed E-state index contributed by atoms with van der Waals surface area (Å²) in [5, 5.41) is 2.83. The highest BCUT2D eigenvalue weighted by molar-refractivity contribution is 9.10. The van der Waals surface area contributed by atoms with Crippen molar-refractivity contribution < 1.29 is 14.0 Å². The van der Waals surface area contributed by atoms with Gasteiger partial charge in [-0.3, -0.25) is 9.59 Å². The van der Waals surface area contributed by atoms with E-state index in [0.717, 1.165) is 12.8 Å². The number of carbonyl (C=O) groups is 2. The lowest BCUT2D eigenvalue weighted by Gasteiger charge is -2.40. The third kappa shape index (κ3) is 2.35. The Morgan fingerprint density at radius 2 is 2.05 bits per heavy atom. The van der Waals surface area contributed by atoms with Crippen LogP contribution >= 0.6 is 15.9 Å². The SMILES string of the molecule is Cc1cc(F)c(Br)cc1N1CC(=O)NC(C)(C2CC2)C1=O. The van der Waals surface area contributed by atoms with Crippen molar-refractivity contribution in [2.75, 3.05) is 11.4 Å². The maximum atomic E-state index is 13.6. The molecule has 1 heterocycles. The summed E-state index contributed by atoms with van der Waals surface area (Å²) in [6.45, 7) is 3.49. The lowest BCUT2D eigenvalue weighted by molar-refractivity contribution is -0.136. The first-order chi connectivity index (χ1) is 9.83. The van der Waals surface area contributed by atoms with Gasteiger partial charge in [0.25, 0.3) is 5.91 Å². The number of halogens is 2. The standard InChI is InChI=1S/C15H16BrFN2O2/c1-8-5-11(17)10(16)6-12(8)19-7-13(20)18-15(2,14(19)21)9-3-4-9/h5-6,9H,3-4,7H2,1-2H3,(H,18,20). The lowest BCUT2D eigenvalue weighted by atomic mass is 9.91. The smallest absolute Gasteiger partial charge is 0.253 e. The van der Waals surface area contributed by atoms with E-state index in [-0.39, 0.29) is 34.6 Å². The summed E-state index contributed by atoms with van der Waals surface area (Å²) in [5.74, 6) is -0.480. The van der Waals surface area contributed by atoms with Gasteiger partial charge in [0.05, 0.1) is 4.47 Å². The first kappa shape index (κ1) is 14.5. The molecule has 21 heavy (non-hydrogen) atoms. The van der Waals surface area contributed by atoms with Gasteiger partial charge < -0.3 is 10.2 Å². The highest BCUT2D eigenvalue weighted by Gasteiger charge is 2.53. The van der Waals surface area contributed by atoms with E-state index in [4.69, 9.17) is 0 Å². The highest BCUT2D eigenvalue weighted by atomic mass is 79.9. The molecule has 1 aliphatic heterocycles. The quantitative estimate of drug-likeness (QED) is 0.887. The van der Waals surface area contributed by atoms with E-state index in [1.807, 2.05) is 0 Å². The highest BCUT2D eigenvalue weighted by Crippen LogP contribution is 2.42. The number of anilines is 1. The van der Waals surface area contributed by atoms with Crippen LogP contribution in [0, 0.1) is 18.7 Å². The van der Waals surface area contributed by atoms with Gasteiger partial charge in [0, 0.05) is 5.69 Å². The summed E-state index contributed by atoms with van der Waals surface area (Å²) in [5.41, 5.74) is 0.370. The molecule has 2 amide bonds. The zero-order valence-electron chi connectivity index (χ0n) is 11.9. The Morgan fingerprint density at radius 1 is 1.38 bits per heavy atom. The van der Waals surface area contributed by atoms with Crippen molar-refractivity contribution in [3.63, 3.8) is 0 Å². The Bertz CT molecular complexity index is 645. The maximum Gasteiger partial charge on any atom is 0.253 e. The number of benzene rings is 1. The van der Waals surface area contributed by atoms with E-state index in [2.05, 4.69) is 21.2 Å². The molecule has 1 atom stereocenters. The van der Waals surface area contributed by atoms with Gasteiger partial charge in [-0.15, -0.1) is 0 Å². The van der Waals surface area contributed by atoms with Crippen molar-refractivity contribution in [2.24, 2.45) is 5.92 Å². The van der Waals surface area contributed by atoms with Crippen molar-refractivity contribution >= 4 is 33.4 Å². The minimum atomic E-state index is -0.845. The first-order valence-corrected chi connectivity index (χ1v) is 7.71. The lowest BCUT2D eigenvalue weighted by Crippen LogP contribution is -2.66. The molecule has 3 rings (SSSR count). The molecule has 0 spiro atoms.